The molecule has 0 aromatic rings. The van der Waals surface area contributed by atoms with E-state index < -0.39 is 18.0 Å². The first kappa shape index (κ1) is 14.2. The van der Waals surface area contributed by atoms with Gasteiger partial charge in [0.15, 0.2) is 6.04 Å². The second-order valence-electron chi connectivity index (χ2n) is 3.84. The largest absolute Gasteiger partial charge is 0.480 e. The summed E-state index contributed by atoms with van der Waals surface area (Å²) in [6.45, 7) is 2.50. The molecule has 1 aliphatic heterocycles. The predicted octanol–water partition coefficient (Wildman–Crippen LogP) is -1.38. The average Bonchev–Trinajstić information content (AvgIpc) is 2.34. The molecule has 1 fully saturated rings. The van der Waals surface area contributed by atoms with Crippen LogP contribution in [0.5, 0.6) is 0 Å². The smallest absolute Gasteiger partial charge is 0.328 e. The maximum absolute atomic E-state index is 11.7. The van der Waals surface area contributed by atoms with Crippen molar-refractivity contribution >= 4 is 17.9 Å². The Morgan fingerprint density at radius 2 is 2.00 bits per heavy atom. The lowest BCUT2D eigenvalue weighted by Gasteiger charge is -2.32. The minimum absolute atomic E-state index is 0.00551. The third-order valence-electron chi connectivity index (χ3n) is 2.45. The van der Waals surface area contributed by atoms with Crippen LogP contribution >= 0.6 is 0 Å². The molecule has 1 heterocycles. The van der Waals surface area contributed by atoms with Gasteiger partial charge in [0, 0.05) is 26.6 Å². The van der Waals surface area contributed by atoms with Crippen LogP contribution in [-0.2, 0) is 14.3 Å². The molecule has 8 nitrogen and oxygen atoms in total. The molecule has 18 heavy (non-hydrogen) atoms. The zero-order valence-corrected chi connectivity index (χ0v) is 10.1. The minimum atomic E-state index is -1.09. The van der Waals surface area contributed by atoms with E-state index in [1.807, 2.05) is 0 Å². The summed E-state index contributed by atoms with van der Waals surface area (Å²) < 4.78 is 5.02. The highest BCUT2D eigenvalue weighted by Crippen LogP contribution is 2.07. The molecule has 3 N–H and O–H groups in total. The van der Waals surface area contributed by atoms with Crippen molar-refractivity contribution in [3.8, 4) is 0 Å². The summed E-state index contributed by atoms with van der Waals surface area (Å²) in [6.07, 6.45) is 0. The minimum Gasteiger partial charge on any atom is -0.480 e. The summed E-state index contributed by atoms with van der Waals surface area (Å²) in [5.74, 6) is -1.27. The van der Waals surface area contributed by atoms with Crippen molar-refractivity contribution in [3.05, 3.63) is 0 Å². The van der Waals surface area contributed by atoms with Crippen LogP contribution in [0.15, 0.2) is 0 Å². The van der Waals surface area contributed by atoms with Crippen molar-refractivity contribution in [1.29, 1.82) is 0 Å². The number of ether oxygens (including phenoxy) is 1. The molecule has 1 unspecified atom stereocenters. The Labute approximate surface area is 104 Å². The van der Waals surface area contributed by atoms with Gasteiger partial charge in [-0.15, -0.1) is 0 Å². The first-order chi connectivity index (χ1) is 8.52. The fourth-order valence-corrected chi connectivity index (χ4v) is 1.56. The van der Waals surface area contributed by atoms with Gasteiger partial charge in [-0.2, -0.15) is 0 Å². The normalized spacial score (nSPS) is 19.2. The summed E-state index contributed by atoms with van der Waals surface area (Å²) in [5, 5.41) is 14.0. The van der Waals surface area contributed by atoms with Gasteiger partial charge in [0.25, 0.3) is 0 Å². The second kappa shape index (κ2) is 6.80. The highest BCUT2D eigenvalue weighted by Gasteiger charge is 2.32. The molecule has 0 aliphatic carbocycles. The number of aliphatic carboxylic acids is 1. The number of morpholine rings is 1. The Bertz CT molecular complexity index is 333. The van der Waals surface area contributed by atoms with E-state index in [4.69, 9.17) is 9.84 Å². The molecule has 0 saturated carbocycles. The highest BCUT2D eigenvalue weighted by molar-refractivity contribution is 5.83. The third kappa shape index (κ3) is 4.21. The van der Waals surface area contributed by atoms with Gasteiger partial charge in [0.2, 0.25) is 5.91 Å². The van der Waals surface area contributed by atoms with Gasteiger partial charge >= 0.3 is 12.0 Å². The third-order valence-corrected chi connectivity index (χ3v) is 2.45. The lowest BCUT2D eigenvalue weighted by molar-refractivity contribution is -0.147. The van der Waals surface area contributed by atoms with E-state index in [2.05, 4.69) is 10.6 Å². The van der Waals surface area contributed by atoms with Crippen molar-refractivity contribution in [1.82, 2.24) is 15.5 Å². The van der Waals surface area contributed by atoms with E-state index in [9.17, 15) is 14.4 Å². The summed E-state index contributed by atoms with van der Waals surface area (Å²) in [4.78, 5) is 34.5. The van der Waals surface area contributed by atoms with Gasteiger partial charge in [0.05, 0.1) is 13.2 Å². The van der Waals surface area contributed by atoms with Gasteiger partial charge in [-0.25, -0.2) is 9.59 Å². The van der Waals surface area contributed by atoms with Crippen LogP contribution in [0, 0.1) is 0 Å². The molecule has 0 radical (unpaired) electrons. The number of carboxylic acids is 1. The first-order valence-corrected chi connectivity index (χ1v) is 5.62. The number of rotatable bonds is 4. The Hall–Kier alpha value is -1.83. The van der Waals surface area contributed by atoms with Crippen LogP contribution in [-0.4, -0.2) is 66.8 Å². The fourth-order valence-electron chi connectivity index (χ4n) is 1.56. The van der Waals surface area contributed by atoms with Crippen molar-refractivity contribution in [3.63, 3.8) is 0 Å². The Morgan fingerprint density at radius 3 is 2.61 bits per heavy atom. The molecule has 3 amide bonds. The monoisotopic (exact) mass is 259 g/mol. The summed E-state index contributed by atoms with van der Waals surface area (Å²) in [7, 11) is 0. The maximum Gasteiger partial charge on any atom is 0.328 e. The zero-order valence-electron chi connectivity index (χ0n) is 10.1. The number of amides is 3. The quantitative estimate of drug-likeness (QED) is 0.539. The number of nitrogens with zero attached hydrogens (tertiary/aromatic N) is 1. The van der Waals surface area contributed by atoms with E-state index in [0.717, 1.165) is 0 Å². The van der Waals surface area contributed by atoms with Crippen molar-refractivity contribution in [2.24, 2.45) is 0 Å². The number of hydrogen-bond donors (Lipinski definition) is 3. The zero-order chi connectivity index (χ0) is 13.5. The number of carbonyl (C=O) groups excluding carboxylic acids is 2. The van der Waals surface area contributed by atoms with Crippen molar-refractivity contribution < 1.29 is 24.2 Å². The van der Waals surface area contributed by atoms with Crippen LogP contribution in [0.4, 0.5) is 4.79 Å². The van der Waals surface area contributed by atoms with Gasteiger partial charge in [-0.1, -0.05) is 0 Å². The van der Waals surface area contributed by atoms with E-state index in [-0.39, 0.29) is 25.6 Å². The highest BCUT2D eigenvalue weighted by atomic mass is 16.5. The molecule has 1 saturated heterocycles. The number of nitrogens with one attached hydrogen (secondary N) is 2. The lowest BCUT2D eigenvalue weighted by Crippen LogP contribution is -2.56. The average molecular weight is 259 g/mol. The van der Waals surface area contributed by atoms with Crippen LogP contribution in [0.25, 0.3) is 0 Å². The van der Waals surface area contributed by atoms with E-state index >= 15 is 0 Å². The Morgan fingerprint density at radius 1 is 1.33 bits per heavy atom. The molecule has 0 aromatic heterocycles. The topological polar surface area (TPSA) is 108 Å². The van der Waals surface area contributed by atoms with Gasteiger partial charge in [-0.05, 0) is 0 Å². The predicted molar refractivity (Wildman–Crippen MR) is 61.0 cm³/mol. The van der Waals surface area contributed by atoms with Gasteiger partial charge in [0.1, 0.15) is 0 Å². The molecule has 1 atom stereocenters. The molecular formula is C10H17N3O5. The van der Waals surface area contributed by atoms with Gasteiger partial charge in [-0.3, -0.25) is 4.79 Å². The van der Waals surface area contributed by atoms with Crippen LogP contribution in [0.2, 0.25) is 0 Å². The standard InChI is InChI=1S/C10H17N3O5/c1-7(14)11-2-3-12-10(17)13-4-5-18-6-8(13)9(15)16/h8H,2-6H2,1H3,(H,11,14)(H,12,17)(H,15,16). The first-order valence-electron chi connectivity index (χ1n) is 5.62. The Balaban J connectivity index is 2.38. The SMILES string of the molecule is CC(=O)NCCNC(=O)N1CCOCC1C(=O)O. The second-order valence-corrected chi connectivity index (χ2v) is 3.84. The van der Waals surface area contributed by atoms with E-state index in [0.29, 0.717) is 13.2 Å². The molecule has 8 heteroatoms. The molecule has 102 valence electrons. The molecule has 0 spiro atoms. The van der Waals surface area contributed by atoms with E-state index in [1.165, 1.54) is 11.8 Å². The molecule has 1 aliphatic rings. The number of carbonyl (C=O) groups is 3. The van der Waals surface area contributed by atoms with Crippen LogP contribution in [0.1, 0.15) is 6.92 Å². The van der Waals surface area contributed by atoms with Crippen molar-refractivity contribution in [2.45, 2.75) is 13.0 Å². The number of urea groups is 1. The van der Waals surface area contributed by atoms with E-state index in [1.54, 1.807) is 0 Å². The molecule has 1 rings (SSSR count). The fraction of sp³-hybridized carbons (Fsp3) is 0.700. The summed E-state index contributed by atoms with van der Waals surface area (Å²) >= 11 is 0. The Kier molecular flexibility index (Phi) is 5.37. The molecular weight excluding hydrogens is 242 g/mol. The van der Waals surface area contributed by atoms with Gasteiger partial charge < -0.3 is 25.4 Å². The van der Waals surface area contributed by atoms with Crippen LogP contribution < -0.4 is 10.6 Å². The number of hydrogen-bond acceptors (Lipinski definition) is 4. The number of carboxylic acid groups (broad SMARTS) is 1. The van der Waals surface area contributed by atoms with Crippen LogP contribution in [0.3, 0.4) is 0 Å². The maximum atomic E-state index is 11.7. The van der Waals surface area contributed by atoms with Crippen molar-refractivity contribution in [2.75, 3.05) is 32.8 Å². The molecule has 0 aromatic carbocycles. The summed E-state index contributed by atoms with van der Waals surface area (Å²) in [6, 6.07) is -1.42. The summed E-state index contributed by atoms with van der Waals surface area (Å²) in [5.41, 5.74) is 0. The molecule has 0 bridgehead atoms. The lowest BCUT2D eigenvalue weighted by atomic mass is 10.2.